The number of aromatic nitrogens is 2. The second kappa shape index (κ2) is 3.47. The van der Waals surface area contributed by atoms with E-state index in [1.807, 2.05) is 4.57 Å². The Balaban J connectivity index is 2.81. The van der Waals surface area contributed by atoms with Crippen LogP contribution in [0.2, 0.25) is 0 Å². The molecule has 0 aromatic carbocycles. The topological polar surface area (TPSA) is 53.1 Å². The first-order valence-electron chi connectivity index (χ1n) is 4.00. The van der Waals surface area contributed by atoms with E-state index in [4.69, 9.17) is 10.5 Å². The Morgan fingerprint density at radius 3 is 2.83 bits per heavy atom. The van der Waals surface area contributed by atoms with Gasteiger partial charge in [-0.3, -0.25) is 4.57 Å². The van der Waals surface area contributed by atoms with Crippen molar-refractivity contribution < 1.29 is 4.74 Å². The lowest BCUT2D eigenvalue weighted by Crippen LogP contribution is -2.05. The van der Waals surface area contributed by atoms with E-state index in [1.165, 1.54) is 0 Å². The molecule has 0 unspecified atom stereocenters. The Morgan fingerprint density at radius 1 is 1.67 bits per heavy atom. The maximum atomic E-state index is 5.52. The molecule has 0 atom stereocenters. The summed E-state index contributed by atoms with van der Waals surface area (Å²) in [5.41, 5.74) is 5.52. The third-order valence-electron chi connectivity index (χ3n) is 1.50. The van der Waals surface area contributed by atoms with Gasteiger partial charge in [-0.2, -0.15) is 4.98 Å². The number of hydrogen-bond donors (Lipinski definition) is 1. The molecule has 12 heavy (non-hydrogen) atoms. The monoisotopic (exact) mass is 169 g/mol. The number of nitrogens with zero attached hydrogens (tertiary/aromatic N) is 2. The molecule has 1 heterocycles. The van der Waals surface area contributed by atoms with Crippen LogP contribution in [0.1, 0.15) is 13.8 Å². The summed E-state index contributed by atoms with van der Waals surface area (Å²) in [6.45, 7) is 5.15. The number of ether oxygens (including phenoxy) is 1. The van der Waals surface area contributed by atoms with Gasteiger partial charge in [-0.05, 0) is 5.92 Å². The van der Waals surface area contributed by atoms with Gasteiger partial charge in [-0.25, -0.2) is 0 Å². The Kier molecular flexibility index (Phi) is 2.58. The molecule has 0 aliphatic carbocycles. The molecule has 0 saturated carbocycles. The highest BCUT2D eigenvalue weighted by Crippen LogP contribution is 2.14. The van der Waals surface area contributed by atoms with E-state index in [0.29, 0.717) is 17.7 Å². The van der Waals surface area contributed by atoms with Crippen LogP contribution in [0.5, 0.6) is 6.01 Å². The molecular formula is C8H15N3O. The zero-order chi connectivity index (χ0) is 9.14. The molecule has 0 saturated heterocycles. The standard InChI is InChI=1S/C8H15N3O/c1-6(2)4-11-5-7(9)10-8(11)12-3/h5-6H,4,9H2,1-3H3. The van der Waals surface area contributed by atoms with Crippen LogP contribution < -0.4 is 10.5 Å². The summed E-state index contributed by atoms with van der Waals surface area (Å²) >= 11 is 0. The molecular weight excluding hydrogens is 154 g/mol. The summed E-state index contributed by atoms with van der Waals surface area (Å²) in [5.74, 6) is 1.07. The molecule has 1 aromatic heterocycles. The number of hydrogen-bond acceptors (Lipinski definition) is 3. The molecule has 68 valence electrons. The lowest BCUT2D eigenvalue weighted by Gasteiger charge is -2.07. The Bertz CT molecular complexity index is 255. The number of nitrogen functional groups attached to an aromatic ring is 1. The van der Waals surface area contributed by atoms with Crippen LogP contribution >= 0.6 is 0 Å². The van der Waals surface area contributed by atoms with Gasteiger partial charge in [0.25, 0.3) is 6.01 Å². The third kappa shape index (κ3) is 1.90. The highest BCUT2D eigenvalue weighted by Gasteiger charge is 2.06. The van der Waals surface area contributed by atoms with Gasteiger partial charge < -0.3 is 10.5 Å². The second-order valence-electron chi connectivity index (χ2n) is 3.20. The van der Waals surface area contributed by atoms with Gasteiger partial charge in [0, 0.05) is 6.54 Å². The Labute approximate surface area is 72.3 Å². The average Bonchev–Trinajstić information content (AvgIpc) is 2.29. The SMILES string of the molecule is COc1nc(N)cn1CC(C)C. The third-order valence-corrected chi connectivity index (χ3v) is 1.50. The number of imidazole rings is 1. The second-order valence-corrected chi connectivity index (χ2v) is 3.20. The molecule has 4 heteroatoms. The van der Waals surface area contributed by atoms with E-state index in [2.05, 4.69) is 18.8 Å². The normalized spacial score (nSPS) is 10.7. The highest BCUT2D eigenvalue weighted by atomic mass is 16.5. The lowest BCUT2D eigenvalue weighted by atomic mass is 10.2. The van der Waals surface area contributed by atoms with Crippen LogP contribution in [0.15, 0.2) is 6.20 Å². The van der Waals surface area contributed by atoms with Crippen molar-refractivity contribution in [2.24, 2.45) is 5.92 Å². The zero-order valence-electron chi connectivity index (χ0n) is 7.74. The molecule has 0 aliphatic heterocycles. The summed E-state index contributed by atoms with van der Waals surface area (Å²) in [6, 6.07) is 0.584. The first-order chi connectivity index (χ1) is 5.63. The summed E-state index contributed by atoms with van der Waals surface area (Å²) < 4.78 is 6.96. The zero-order valence-corrected chi connectivity index (χ0v) is 7.74. The van der Waals surface area contributed by atoms with E-state index >= 15 is 0 Å². The van der Waals surface area contributed by atoms with Crippen molar-refractivity contribution in [3.05, 3.63) is 6.20 Å². The van der Waals surface area contributed by atoms with Crippen molar-refractivity contribution >= 4 is 5.82 Å². The summed E-state index contributed by atoms with van der Waals surface area (Å²) in [6.07, 6.45) is 1.79. The fourth-order valence-electron chi connectivity index (χ4n) is 1.11. The van der Waals surface area contributed by atoms with Gasteiger partial charge in [-0.1, -0.05) is 13.8 Å². The fraction of sp³-hybridized carbons (Fsp3) is 0.625. The maximum Gasteiger partial charge on any atom is 0.298 e. The molecule has 0 bridgehead atoms. The highest BCUT2D eigenvalue weighted by molar-refractivity contribution is 5.28. The van der Waals surface area contributed by atoms with Crippen molar-refractivity contribution in [2.75, 3.05) is 12.8 Å². The minimum atomic E-state index is 0.507. The van der Waals surface area contributed by atoms with E-state index in [0.717, 1.165) is 6.54 Å². The van der Waals surface area contributed by atoms with Crippen molar-refractivity contribution in [3.8, 4) is 6.01 Å². The largest absolute Gasteiger partial charge is 0.468 e. The smallest absolute Gasteiger partial charge is 0.298 e. The Hall–Kier alpha value is -1.19. The summed E-state index contributed by atoms with van der Waals surface area (Å²) in [5, 5.41) is 0. The van der Waals surface area contributed by atoms with E-state index in [9.17, 15) is 0 Å². The van der Waals surface area contributed by atoms with Crippen LogP contribution in [0.25, 0.3) is 0 Å². The molecule has 1 aromatic rings. The molecule has 0 aliphatic rings. The van der Waals surface area contributed by atoms with Gasteiger partial charge in [0.2, 0.25) is 0 Å². The molecule has 0 spiro atoms. The summed E-state index contributed by atoms with van der Waals surface area (Å²) in [4.78, 5) is 4.00. The van der Waals surface area contributed by atoms with E-state index < -0.39 is 0 Å². The lowest BCUT2D eigenvalue weighted by molar-refractivity contribution is 0.345. The molecule has 0 amide bonds. The summed E-state index contributed by atoms with van der Waals surface area (Å²) in [7, 11) is 1.60. The van der Waals surface area contributed by atoms with Gasteiger partial charge >= 0.3 is 0 Å². The molecule has 0 fully saturated rings. The molecule has 1 rings (SSSR count). The van der Waals surface area contributed by atoms with Gasteiger partial charge in [0.15, 0.2) is 0 Å². The van der Waals surface area contributed by atoms with Crippen molar-refractivity contribution in [2.45, 2.75) is 20.4 Å². The van der Waals surface area contributed by atoms with Crippen LogP contribution in [-0.4, -0.2) is 16.7 Å². The number of methoxy groups -OCH3 is 1. The van der Waals surface area contributed by atoms with Crippen molar-refractivity contribution in [3.63, 3.8) is 0 Å². The minimum Gasteiger partial charge on any atom is -0.468 e. The predicted octanol–water partition coefficient (Wildman–Crippen LogP) is 1.13. The first-order valence-corrected chi connectivity index (χ1v) is 4.00. The number of rotatable bonds is 3. The molecule has 2 N–H and O–H groups in total. The van der Waals surface area contributed by atoms with Crippen molar-refractivity contribution in [1.29, 1.82) is 0 Å². The van der Waals surface area contributed by atoms with Crippen LogP contribution in [-0.2, 0) is 6.54 Å². The number of nitrogens with two attached hydrogens (primary N) is 1. The molecule has 4 nitrogen and oxygen atoms in total. The first kappa shape index (κ1) is 8.90. The Morgan fingerprint density at radius 2 is 2.33 bits per heavy atom. The number of anilines is 1. The van der Waals surface area contributed by atoms with E-state index in [1.54, 1.807) is 13.3 Å². The fourth-order valence-corrected chi connectivity index (χ4v) is 1.11. The van der Waals surface area contributed by atoms with Gasteiger partial charge in [-0.15, -0.1) is 0 Å². The quantitative estimate of drug-likeness (QED) is 0.738. The maximum absolute atomic E-state index is 5.52. The van der Waals surface area contributed by atoms with Crippen LogP contribution in [0.3, 0.4) is 0 Å². The van der Waals surface area contributed by atoms with Gasteiger partial charge in [0.1, 0.15) is 5.82 Å². The predicted molar refractivity (Wildman–Crippen MR) is 48.0 cm³/mol. The van der Waals surface area contributed by atoms with Crippen LogP contribution in [0, 0.1) is 5.92 Å². The average molecular weight is 169 g/mol. The minimum absolute atomic E-state index is 0.507. The van der Waals surface area contributed by atoms with Crippen LogP contribution in [0.4, 0.5) is 5.82 Å². The molecule has 0 radical (unpaired) electrons. The van der Waals surface area contributed by atoms with E-state index in [-0.39, 0.29) is 0 Å². The van der Waals surface area contributed by atoms with Crippen molar-refractivity contribution in [1.82, 2.24) is 9.55 Å². The van der Waals surface area contributed by atoms with Gasteiger partial charge in [0.05, 0.1) is 13.3 Å².